The van der Waals surface area contributed by atoms with Crippen LogP contribution in [-0.2, 0) is 24.5 Å². The summed E-state index contributed by atoms with van der Waals surface area (Å²) in [4.78, 5) is 54.7. The van der Waals surface area contributed by atoms with Crippen molar-refractivity contribution in [2.45, 2.75) is 31.1 Å². The first kappa shape index (κ1) is 21.1. The van der Waals surface area contributed by atoms with Gasteiger partial charge >= 0.3 is 11.9 Å². The fraction of sp³-hybridized carbons (Fsp3) is 0.250. The van der Waals surface area contributed by atoms with E-state index in [1.165, 1.54) is 6.07 Å². The molecule has 2 aromatic carbocycles. The van der Waals surface area contributed by atoms with Crippen LogP contribution in [0.2, 0.25) is 0 Å². The van der Waals surface area contributed by atoms with Crippen molar-refractivity contribution in [2.75, 3.05) is 13.2 Å². The first-order valence-corrected chi connectivity index (χ1v) is 10.8. The van der Waals surface area contributed by atoms with Crippen LogP contribution in [0, 0.1) is 6.92 Å². The minimum absolute atomic E-state index is 0.00435. The van der Waals surface area contributed by atoms with E-state index in [1.807, 2.05) is 13.0 Å². The molecule has 0 fully saturated rings. The van der Waals surface area contributed by atoms with E-state index in [1.54, 1.807) is 44.2 Å². The molecule has 0 radical (unpaired) electrons. The molecule has 0 aromatic heterocycles. The van der Waals surface area contributed by atoms with Gasteiger partial charge in [-0.15, -0.1) is 0 Å². The number of carbonyl (C=O) groups excluding carboxylic acids is 4. The minimum atomic E-state index is -2.17. The molecule has 0 bridgehead atoms. The molecular formula is C24H20O6S. The number of Topliss-reactive ketones (excluding diaryl/α,β-unsaturated/α-hetero) is 2. The number of allylic oxidation sites excluding steroid dienone is 1. The lowest BCUT2D eigenvalue weighted by Gasteiger charge is -2.38. The molecule has 0 atom stereocenters. The molecule has 2 aromatic rings. The van der Waals surface area contributed by atoms with E-state index in [0.29, 0.717) is 10.5 Å². The molecule has 1 heterocycles. The van der Waals surface area contributed by atoms with Crippen molar-refractivity contribution in [3.8, 4) is 0 Å². The van der Waals surface area contributed by atoms with Gasteiger partial charge in [0.05, 0.1) is 23.7 Å². The third kappa shape index (κ3) is 2.95. The molecule has 31 heavy (non-hydrogen) atoms. The average molecular weight is 436 g/mol. The Labute approximate surface area is 183 Å². The van der Waals surface area contributed by atoms with E-state index in [0.717, 1.165) is 17.3 Å². The van der Waals surface area contributed by atoms with Gasteiger partial charge in [-0.1, -0.05) is 53.7 Å². The lowest BCUT2D eigenvalue weighted by Crippen LogP contribution is -2.52. The zero-order valence-corrected chi connectivity index (χ0v) is 18.1. The van der Waals surface area contributed by atoms with Gasteiger partial charge in [0, 0.05) is 16.0 Å². The lowest BCUT2D eigenvalue weighted by molar-refractivity contribution is -0.162. The van der Waals surface area contributed by atoms with Crippen LogP contribution >= 0.6 is 11.8 Å². The summed E-state index contributed by atoms with van der Waals surface area (Å²) in [5.74, 6) is -2.80. The molecule has 7 heteroatoms. The topological polar surface area (TPSA) is 86.7 Å². The zero-order valence-electron chi connectivity index (χ0n) is 17.3. The number of ketones is 2. The molecule has 1 aliphatic heterocycles. The van der Waals surface area contributed by atoms with Crippen molar-refractivity contribution in [1.29, 1.82) is 0 Å². The van der Waals surface area contributed by atoms with Gasteiger partial charge in [0.25, 0.3) is 0 Å². The highest BCUT2D eigenvalue weighted by atomic mass is 32.2. The highest BCUT2D eigenvalue weighted by Gasteiger charge is 2.61. The maximum Gasteiger partial charge on any atom is 0.332 e. The largest absolute Gasteiger partial charge is 0.465 e. The van der Waals surface area contributed by atoms with E-state index in [9.17, 15) is 19.2 Å². The van der Waals surface area contributed by atoms with Crippen LogP contribution < -0.4 is 0 Å². The highest BCUT2D eigenvalue weighted by Crippen LogP contribution is 2.53. The quantitative estimate of drug-likeness (QED) is 0.532. The predicted molar refractivity (Wildman–Crippen MR) is 114 cm³/mol. The SMILES string of the molecule is CCOC(=O)C1(C(=O)OCC)C2=C(Sc3ccc(C)cc31)C(=O)c1ccccc1C2=O. The number of thioether (sulfide) groups is 1. The second kappa shape index (κ2) is 7.81. The zero-order chi connectivity index (χ0) is 22.3. The number of benzene rings is 2. The van der Waals surface area contributed by atoms with Crippen molar-refractivity contribution < 1.29 is 28.7 Å². The Morgan fingerprint density at radius 2 is 1.48 bits per heavy atom. The van der Waals surface area contributed by atoms with E-state index >= 15 is 0 Å². The summed E-state index contributed by atoms with van der Waals surface area (Å²) in [6, 6.07) is 11.6. The third-order valence-electron chi connectivity index (χ3n) is 5.37. The normalized spacial score (nSPS) is 16.2. The van der Waals surface area contributed by atoms with Gasteiger partial charge in [0.15, 0.2) is 5.78 Å². The van der Waals surface area contributed by atoms with E-state index in [4.69, 9.17) is 9.47 Å². The second-order valence-electron chi connectivity index (χ2n) is 7.20. The summed E-state index contributed by atoms with van der Waals surface area (Å²) in [7, 11) is 0. The fourth-order valence-corrected chi connectivity index (χ4v) is 5.28. The smallest absolute Gasteiger partial charge is 0.332 e. The van der Waals surface area contributed by atoms with Crippen LogP contribution in [0.5, 0.6) is 0 Å². The molecular weight excluding hydrogens is 416 g/mol. The number of esters is 2. The maximum atomic E-state index is 13.7. The highest BCUT2D eigenvalue weighted by molar-refractivity contribution is 8.04. The number of fused-ring (bicyclic) bond motifs is 2. The fourth-order valence-electron chi connectivity index (χ4n) is 4.05. The Bertz CT molecular complexity index is 1160. The predicted octanol–water partition coefficient (Wildman–Crippen LogP) is 3.80. The minimum Gasteiger partial charge on any atom is -0.465 e. The summed E-state index contributed by atoms with van der Waals surface area (Å²) < 4.78 is 10.6. The summed E-state index contributed by atoms with van der Waals surface area (Å²) in [6.45, 7) is 5.04. The molecule has 0 unspecified atom stereocenters. The molecule has 158 valence electrons. The van der Waals surface area contributed by atoms with Crippen molar-refractivity contribution in [1.82, 2.24) is 0 Å². The van der Waals surface area contributed by atoms with Gasteiger partial charge in [-0.2, -0.15) is 0 Å². The van der Waals surface area contributed by atoms with Crippen molar-refractivity contribution >= 4 is 35.3 Å². The summed E-state index contributed by atoms with van der Waals surface area (Å²) in [5, 5.41) is 0. The number of hydrogen-bond donors (Lipinski definition) is 0. The first-order chi connectivity index (χ1) is 14.9. The van der Waals surface area contributed by atoms with E-state index in [2.05, 4.69) is 0 Å². The summed E-state index contributed by atoms with van der Waals surface area (Å²) in [5.41, 5.74) is -0.869. The van der Waals surface area contributed by atoms with Crippen molar-refractivity contribution in [2.24, 2.45) is 0 Å². The monoisotopic (exact) mass is 436 g/mol. The molecule has 0 spiro atoms. The molecule has 0 N–H and O–H groups in total. The Morgan fingerprint density at radius 1 is 0.903 bits per heavy atom. The maximum absolute atomic E-state index is 13.7. The number of rotatable bonds is 4. The van der Waals surface area contributed by atoms with Crippen LogP contribution in [0.3, 0.4) is 0 Å². The summed E-state index contributed by atoms with van der Waals surface area (Å²) >= 11 is 1.09. The Balaban J connectivity index is 2.12. The van der Waals surface area contributed by atoms with E-state index in [-0.39, 0.29) is 34.8 Å². The molecule has 0 saturated heterocycles. The number of aryl methyl sites for hydroxylation is 1. The van der Waals surface area contributed by atoms with E-state index < -0.39 is 28.9 Å². The van der Waals surface area contributed by atoms with Gasteiger partial charge in [-0.05, 0) is 32.4 Å². The average Bonchev–Trinajstić information content (AvgIpc) is 2.76. The van der Waals surface area contributed by atoms with Crippen LogP contribution in [0.4, 0.5) is 0 Å². The molecule has 0 saturated carbocycles. The van der Waals surface area contributed by atoms with Gasteiger partial charge in [-0.3, -0.25) is 19.2 Å². The molecule has 0 amide bonds. The van der Waals surface area contributed by atoms with Crippen molar-refractivity contribution in [3.63, 3.8) is 0 Å². The molecule has 2 aliphatic rings. The first-order valence-electron chi connectivity index (χ1n) is 9.94. The van der Waals surface area contributed by atoms with Crippen molar-refractivity contribution in [3.05, 3.63) is 75.2 Å². The van der Waals surface area contributed by atoms with Gasteiger partial charge in [-0.25, -0.2) is 0 Å². The molecule has 1 aliphatic carbocycles. The number of ether oxygens (including phenoxy) is 2. The van der Waals surface area contributed by atoms with Crippen LogP contribution in [0.15, 0.2) is 57.8 Å². The van der Waals surface area contributed by atoms with Crippen LogP contribution in [0.25, 0.3) is 0 Å². The Morgan fingerprint density at radius 3 is 2.06 bits per heavy atom. The van der Waals surface area contributed by atoms with Gasteiger partial charge in [0.2, 0.25) is 11.2 Å². The standard InChI is InChI=1S/C24H20O6S/c1-4-29-22(27)24(23(28)30-5-2)16-12-13(3)10-11-17(16)31-21-18(24)19(25)14-8-6-7-9-15(14)20(21)26/h6-12H,4-5H2,1-3H3. The van der Waals surface area contributed by atoms with Crippen LogP contribution in [0.1, 0.15) is 45.7 Å². The Hall–Kier alpha value is -3.19. The lowest BCUT2D eigenvalue weighted by atomic mass is 9.68. The molecule has 4 rings (SSSR count). The van der Waals surface area contributed by atoms with Gasteiger partial charge < -0.3 is 9.47 Å². The number of hydrogen-bond acceptors (Lipinski definition) is 7. The second-order valence-corrected chi connectivity index (χ2v) is 8.25. The summed E-state index contributed by atoms with van der Waals surface area (Å²) in [6.07, 6.45) is 0. The van der Waals surface area contributed by atoms with Crippen LogP contribution in [-0.4, -0.2) is 36.7 Å². The molecule has 6 nitrogen and oxygen atoms in total. The van der Waals surface area contributed by atoms with Gasteiger partial charge in [0.1, 0.15) is 0 Å². The Kier molecular flexibility index (Phi) is 5.31. The number of carbonyl (C=O) groups is 4. The third-order valence-corrected chi connectivity index (χ3v) is 6.54.